The molecule has 0 aromatic heterocycles. The molecule has 0 aliphatic rings. The summed E-state index contributed by atoms with van der Waals surface area (Å²) in [5, 5.41) is 14.3. The zero-order valence-electron chi connectivity index (χ0n) is 29.3. The molecule has 268 valence electrons. The minimum atomic E-state index is -0.927. The summed E-state index contributed by atoms with van der Waals surface area (Å²) in [5.41, 5.74) is 12.6. The maximum atomic E-state index is 13.7. The van der Waals surface area contributed by atoms with Gasteiger partial charge in [-0.1, -0.05) is 88.4 Å². The predicted octanol–water partition coefficient (Wildman–Crippen LogP) is 1.30. The summed E-state index contributed by atoms with van der Waals surface area (Å²) < 4.78 is 0. The minimum absolute atomic E-state index is 0.0534. The highest BCUT2D eigenvalue weighted by Gasteiger charge is 2.30. The van der Waals surface area contributed by atoms with Gasteiger partial charge in [-0.05, 0) is 42.2 Å². The van der Waals surface area contributed by atoms with Crippen LogP contribution < -0.4 is 38.1 Å². The van der Waals surface area contributed by atoms with E-state index >= 15 is 0 Å². The third kappa shape index (κ3) is 16.1. The fraction of sp³-hybridized carbons (Fsp3) is 0.500. The van der Waals surface area contributed by atoms with Gasteiger partial charge in [-0.15, -0.1) is 0 Å². The third-order valence-corrected chi connectivity index (χ3v) is 7.75. The molecule has 0 aliphatic heterocycles. The van der Waals surface area contributed by atoms with Crippen molar-refractivity contribution in [2.75, 3.05) is 13.1 Å². The van der Waals surface area contributed by atoms with Gasteiger partial charge < -0.3 is 38.1 Å². The van der Waals surface area contributed by atoms with Crippen LogP contribution in [-0.2, 0) is 36.8 Å². The Balaban J connectivity index is 2.13. The van der Waals surface area contributed by atoms with Gasteiger partial charge in [0, 0.05) is 32.5 Å². The summed E-state index contributed by atoms with van der Waals surface area (Å²) in [6, 6.07) is 15.4. The van der Waals surface area contributed by atoms with Crippen molar-refractivity contribution in [3.8, 4) is 0 Å². The number of benzene rings is 2. The van der Waals surface area contributed by atoms with Gasteiger partial charge in [0.2, 0.25) is 29.5 Å². The van der Waals surface area contributed by atoms with Gasteiger partial charge in [0.25, 0.3) is 0 Å². The van der Waals surface area contributed by atoms with Crippen molar-refractivity contribution < 1.29 is 24.0 Å². The van der Waals surface area contributed by atoms with Crippen LogP contribution in [0.3, 0.4) is 0 Å². The lowest BCUT2D eigenvalue weighted by molar-refractivity contribution is -0.132. The smallest absolute Gasteiger partial charge is 0.243 e. The predicted molar refractivity (Wildman–Crippen MR) is 191 cm³/mol. The van der Waals surface area contributed by atoms with Crippen molar-refractivity contribution in [2.24, 2.45) is 28.3 Å². The summed E-state index contributed by atoms with van der Waals surface area (Å²) in [6.07, 6.45) is 1.40. The average Bonchev–Trinajstić information content (AvgIpc) is 3.03. The maximum Gasteiger partial charge on any atom is 0.243 e. The van der Waals surface area contributed by atoms with E-state index in [-0.39, 0.29) is 61.4 Å². The molecule has 2 aromatic carbocycles. The van der Waals surface area contributed by atoms with Crippen LogP contribution in [0.1, 0.15) is 65.0 Å². The van der Waals surface area contributed by atoms with E-state index in [9.17, 15) is 24.0 Å². The lowest BCUT2D eigenvalue weighted by atomic mass is 9.99. The number of hydrogen-bond acceptors (Lipinski definition) is 6. The molecule has 0 bridgehead atoms. The normalized spacial score (nSPS) is 13.4. The summed E-state index contributed by atoms with van der Waals surface area (Å²) in [7, 11) is 0. The molecule has 0 saturated carbocycles. The first-order valence-electron chi connectivity index (χ1n) is 16.8. The van der Waals surface area contributed by atoms with Crippen LogP contribution in [0.5, 0.6) is 0 Å². The first-order chi connectivity index (χ1) is 23.2. The first kappa shape index (κ1) is 40.2. The van der Waals surface area contributed by atoms with Crippen molar-refractivity contribution in [3.05, 3.63) is 71.8 Å². The van der Waals surface area contributed by atoms with Crippen molar-refractivity contribution in [3.63, 3.8) is 0 Å². The van der Waals surface area contributed by atoms with Crippen molar-refractivity contribution in [1.29, 1.82) is 0 Å². The summed E-state index contributed by atoms with van der Waals surface area (Å²) in [5.74, 6) is -2.04. The number of nitrogens with two attached hydrogens (primary N) is 2. The molecule has 0 heterocycles. The van der Waals surface area contributed by atoms with Gasteiger partial charge in [0.15, 0.2) is 5.96 Å². The first-order valence-corrected chi connectivity index (χ1v) is 16.8. The van der Waals surface area contributed by atoms with E-state index in [1.54, 1.807) is 0 Å². The molecule has 4 atom stereocenters. The van der Waals surface area contributed by atoms with Gasteiger partial charge in [-0.25, -0.2) is 0 Å². The van der Waals surface area contributed by atoms with Crippen LogP contribution in [0.4, 0.5) is 0 Å². The molecular formula is C36H54N8O5. The number of hydrogen-bond donors (Lipinski definition) is 7. The largest absolute Gasteiger partial charge is 0.370 e. The topological polar surface area (TPSA) is 210 Å². The quantitative estimate of drug-likeness (QED) is 0.0620. The van der Waals surface area contributed by atoms with Crippen LogP contribution in [0, 0.1) is 11.8 Å². The van der Waals surface area contributed by atoms with Crippen LogP contribution in [0.15, 0.2) is 65.7 Å². The Labute approximate surface area is 289 Å². The molecule has 0 saturated heterocycles. The van der Waals surface area contributed by atoms with Crippen LogP contribution in [-0.4, -0.2) is 72.8 Å². The average molecular weight is 679 g/mol. The fourth-order valence-electron chi connectivity index (χ4n) is 5.15. The van der Waals surface area contributed by atoms with E-state index in [0.717, 1.165) is 11.1 Å². The Morgan fingerprint density at radius 2 is 1.31 bits per heavy atom. The Kier molecular flexibility index (Phi) is 17.3. The van der Waals surface area contributed by atoms with E-state index in [1.807, 2.05) is 88.4 Å². The SMILES string of the molecule is CC(=O)N[C@H](Cc1ccccc1)C(=O)NC[C@@H](NC(=O)[C@H](CC(C)C)NC(=O)[C@H](CCCN=C(N)N)NC(=O)Cc1ccccc1)C(C)C. The highest BCUT2D eigenvalue weighted by molar-refractivity contribution is 5.92. The molecule has 2 rings (SSSR count). The van der Waals surface area contributed by atoms with E-state index in [0.29, 0.717) is 19.3 Å². The van der Waals surface area contributed by atoms with Crippen molar-refractivity contribution in [1.82, 2.24) is 26.6 Å². The standard InChI is InChI=1S/C36H54N8O5/c1-23(2)19-29(43-34(48)28(17-12-18-39-36(37)38)42-32(46)21-27-15-10-7-11-16-27)35(49)44-31(24(3)4)22-40-33(47)30(41-25(5)45)20-26-13-8-6-9-14-26/h6-11,13-16,23-24,28-31H,12,17-22H2,1-5H3,(H,40,47)(H,41,45)(H,42,46)(H,43,48)(H,44,49)(H4,37,38,39)/t28-,29-,30+,31+/m0/s1. The zero-order chi connectivity index (χ0) is 36.3. The molecule has 5 amide bonds. The number of aliphatic imine (C=N–C) groups is 1. The number of nitrogens with one attached hydrogen (secondary N) is 5. The second-order valence-corrected chi connectivity index (χ2v) is 13.0. The lowest BCUT2D eigenvalue weighted by Crippen LogP contribution is -2.57. The van der Waals surface area contributed by atoms with Gasteiger partial charge in [-0.2, -0.15) is 0 Å². The van der Waals surface area contributed by atoms with E-state index < -0.39 is 36.0 Å². The molecule has 0 radical (unpaired) electrons. The third-order valence-electron chi connectivity index (χ3n) is 7.75. The fourth-order valence-corrected chi connectivity index (χ4v) is 5.15. The molecule has 2 aromatic rings. The van der Waals surface area contributed by atoms with Gasteiger partial charge in [-0.3, -0.25) is 29.0 Å². The molecule has 13 heteroatoms. The van der Waals surface area contributed by atoms with Gasteiger partial charge in [0.1, 0.15) is 18.1 Å². The van der Waals surface area contributed by atoms with Crippen molar-refractivity contribution in [2.45, 2.75) is 90.9 Å². The molecule has 0 unspecified atom stereocenters. The van der Waals surface area contributed by atoms with Crippen LogP contribution in [0.25, 0.3) is 0 Å². The summed E-state index contributed by atoms with van der Waals surface area (Å²) in [4.78, 5) is 69.3. The number of amides is 5. The van der Waals surface area contributed by atoms with Crippen molar-refractivity contribution >= 4 is 35.5 Å². The Morgan fingerprint density at radius 3 is 1.86 bits per heavy atom. The number of carbonyl (C=O) groups excluding carboxylic acids is 5. The monoisotopic (exact) mass is 678 g/mol. The second kappa shape index (κ2) is 21.1. The maximum absolute atomic E-state index is 13.7. The molecule has 0 spiro atoms. The van der Waals surface area contributed by atoms with E-state index in [4.69, 9.17) is 11.5 Å². The number of nitrogens with zero attached hydrogens (tertiary/aromatic N) is 1. The number of carbonyl (C=O) groups is 5. The lowest BCUT2D eigenvalue weighted by Gasteiger charge is -2.29. The zero-order valence-corrected chi connectivity index (χ0v) is 29.3. The number of rotatable bonds is 20. The number of guanidine groups is 1. The van der Waals surface area contributed by atoms with Gasteiger partial charge >= 0.3 is 0 Å². The molecule has 13 nitrogen and oxygen atoms in total. The Bertz CT molecular complexity index is 1380. The molecule has 49 heavy (non-hydrogen) atoms. The highest BCUT2D eigenvalue weighted by atomic mass is 16.2. The summed E-state index contributed by atoms with van der Waals surface area (Å²) >= 11 is 0. The molecule has 0 fully saturated rings. The minimum Gasteiger partial charge on any atom is -0.370 e. The molecular weight excluding hydrogens is 624 g/mol. The van der Waals surface area contributed by atoms with E-state index in [2.05, 4.69) is 31.6 Å². The Hall–Kier alpha value is -4.94. The molecule has 9 N–H and O–H groups in total. The Morgan fingerprint density at radius 1 is 0.714 bits per heavy atom. The van der Waals surface area contributed by atoms with Crippen LogP contribution >= 0.6 is 0 Å². The summed E-state index contributed by atoms with van der Waals surface area (Å²) in [6.45, 7) is 9.44. The van der Waals surface area contributed by atoms with Gasteiger partial charge in [0.05, 0.1) is 6.42 Å². The van der Waals surface area contributed by atoms with E-state index in [1.165, 1.54) is 6.92 Å². The second-order valence-electron chi connectivity index (χ2n) is 13.0. The highest BCUT2D eigenvalue weighted by Crippen LogP contribution is 2.10. The molecule has 0 aliphatic carbocycles. The van der Waals surface area contributed by atoms with Crippen LogP contribution in [0.2, 0.25) is 0 Å².